The number of phenols is 2. The Bertz CT molecular complexity index is 1340. The molecule has 1 atom stereocenters. The Labute approximate surface area is 191 Å². The van der Waals surface area contributed by atoms with E-state index in [0.717, 1.165) is 10.5 Å². The third kappa shape index (κ3) is 4.11. The molecule has 0 fully saturated rings. The first kappa shape index (κ1) is 21.6. The van der Waals surface area contributed by atoms with Gasteiger partial charge in [0.1, 0.15) is 28.2 Å². The van der Waals surface area contributed by atoms with Gasteiger partial charge in [0.2, 0.25) is 0 Å². The second-order valence-corrected chi connectivity index (χ2v) is 8.17. The van der Waals surface area contributed by atoms with E-state index in [2.05, 4.69) is 15.9 Å². The standard InChI is InChI=1S/C25H19BrO6/c1-31-22(30)11-17(14-7-9-16(26)10-8-14)23-18(27)12-19(28)24-20(29)13-21(32-25(23)24)15-5-3-2-4-6-15/h2-10,12-13,17,27-28H,11H2,1H3/t17-/m1/s1. The molecular weight excluding hydrogens is 476 g/mol. The third-order valence-electron chi connectivity index (χ3n) is 5.28. The quantitative estimate of drug-likeness (QED) is 0.364. The molecule has 0 amide bonds. The summed E-state index contributed by atoms with van der Waals surface area (Å²) >= 11 is 3.39. The summed E-state index contributed by atoms with van der Waals surface area (Å²) in [5.74, 6) is -1.60. The minimum Gasteiger partial charge on any atom is -0.507 e. The molecular formula is C25H19BrO6. The van der Waals surface area contributed by atoms with Crippen molar-refractivity contribution >= 4 is 32.9 Å². The number of ether oxygens (including phenoxy) is 1. The first-order chi connectivity index (χ1) is 15.4. The Morgan fingerprint density at radius 1 is 1.03 bits per heavy atom. The van der Waals surface area contributed by atoms with Crippen LogP contribution in [0.5, 0.6) is 11.5 Å². The summed E-state index contributed by atoms with van der Waals surface area (Å²) in [6.45, 7) is 0. The van der Waals surface area contributed by atoms with Crippen molar-refractivity contribution in [2.45, 2.75) is 12.3 Å². The number of hydrogen-bond acceptors (Lipinski definition) is 6. The number of carbonyl (C=O) groups is 1. The lowest BCUT2D eigenvalue weighted by molar-refractivity contribution is -0.140. The number of methoxy groups -OCH3 is 1. The van der Waals surface area contributed by atoms with Gasteiger partial charge in [0, 0.05) is 33.7 Å². The normalized spacial score (nSPS) is 11.9. The molecule has 0 unspecified atom stereocenters. The average Bonchev–Trinajstić information content (AvgIpc) is 2.78. The lowest BCUT2D eigenvalue weighted by Gasteiger charge is -2.20. The fourth-order valence-corrected chi connectivity index (χ4v) is 4.00. The summed E-state index contributed by atoms with van der Waals surface area (Å²) in [4.78, 5) is 25.2. The molecule has 0 bridgehead atoms. The van der Waals surface area contributed by atoms with Crippen LogP contribution >= 0.6 is 15.9 Å². The Morgan fingerprint density at radius 3 is 2.38 bits per heavy atom. The monoisotopic (exact) mass is 494 g/mol. The number of rotatable bonds is 5. The van der Waals surface area contributed by atoms with Crippen molar-refractivity contribution in [3.63, 3.8) is 0 Å². The molecule has 1 heterocycles. The molecule has 3 aromatic carbocycles. The van der Waals surface area contributed by atoms with Crippen LogP contribution in [0, 0.1) is 0 Å². The molecule has 162 valence electrons. The molecule has 0 aliphatic carbocycles. The van der Waals surface area contributed by atoms with E-state index in [0.29, 0.717) is 11.1 Å². The molecule has 7 heteroatoms. The summed E-state index contributed by atoms with van der Waals surface area (Å²) in [7, 11) is 1.28. The number of halogens is 1. The lowest BCUT2D eigenvalue weighted by Crippen LogP contribution is -2.12. The molecule has 2 N–H and O–H groups in total. The molecule has 0 aliphatic rings. The molecule has 0 aliphatic heterocycles. The molecule has 0 spiro atoms. The summed E-state index contributed by atoms with van der Waals surface area (Å²) in [5, 5.41) is 21.2. The van der Waals surface area contributed by atoms with E-state index in [1.807, 2.05) is 30.3 Å². The lowest BCUT2D eigenvalue weighted by atomic mass is 9.86. The average molecular weight is 495 g/mol. The Kier molecular flexibility index (Phi) is 6.01. The van der Waals surface area contributed by atoms with Crippen molar-refractivity contribution in [1.82, 2.24) is 0 Å². The van der Waals surface area contributed by atoms with Crippen molar-refractivity contribution < 1.29 is 24.2 Å². The van der Waals surface area contributed by atoms with Crippen LogP contribution in [-0.4, -0.2) is 23.3 Å². The Balaban J connectivity index is 2.04. The van der Waals surface area contributed by atoms with E-state index in [1.165, 1.54) is 13.2 Å². The predicted molar refractivity (Wildman–Crippen MR) is 124 cm³/mol. The van der Waals surface area contributed by atoms with Crippen LogP contribution < -0.4 is 5.43 Å². The fourth-order valence-electron chi connectivity index (χ4n) is 3.73. The number of phenolic OH excluding ortho intramolecular Hbond substituents is 2. The highest BCUT2D eigenvalue weighted by molar-refractivity contribution is 9.10. The summed E-state index contributed by atoms with van der Waals surface area (Å²) in [6.07, 6.45) is -0.106. The van der Waals surface area contributed by atoms with Crippen molar-refractivity contribution in [3.8, 4) is 22.8 Å². The van der Waals surface area contributed by atoms with Gasteiger partial charge in [-0.2, -0.15) is 0 Å². The second-order valence-electron chi connectivity index (χ2n) is 7.26. The van der Waals surface area contributed by atoms with Gasteiger partial charge in [0.15, 0.2) is 5.43 Å². The topological polar surface area (TPSA) is 97.0 Å². The van der Waals surface area contributed by atoms with Gasteiger partial charge in [-0.15, -0.1) is 0 Å². The van der Waals surface area contributed by atoms with Gasteiger partial charge in [-0.3, -0.25) is 9.59 Å². The molecule has 6 nitrogen and oxygen atoms in total. The van der Waals surface area contributed by atoms with Gasteiger partial charge in [-0.1, -0.05) is 58.4 Å². The number of carbonyl (C=O) groups excluding carboxylic acids is 1. The number of esters is 1. The van der Waals surface area contributed by atoms with E-state index < -0.39 is 23.1 Å². The van der Waals surface area contributed by atoms with Crippen molar-refractivity contribution in [1.29, 1.82) is 0 Å². The van der Waals surface area contributed by atoms with Crippen LogP contribution in [0.25, 0.3) is 22.3 Å². The first-order valence-electron chi connectivity index (χ1n) is 9.79. The SMILES string of the molecule is COC(=O)C[C@H](c1ccc(Br)cc1)c1c(O)cc(O)c2c(=O)cc(-c3ccccc3)oc12. The van der Waals surface area contributed by atoms with Gasteiger partial charge in [-0.05, 0) is 17.7 Å². The van der Waals surface area contributed by atoms with Gasteiger partial charge in [0.25, 0.3) is 0 Å². The highest BCUT2D eigenvalue weighted by Gasteiger charge is 2.28. The zero-order valence-corrected chi connectivity index (χ0v) is 18.6. The van der Waals surface area contributed by atoms with Gasteiger partial charge < -0.3 is 19.4 Å². The maximum absolute atomic E-state index is 12.9. The molecule has 1 aromatic heterocycles. The number of hydrogen-bond donors (Lipinski definition) is 2. The summed E-state index contributed by atoms with van der Waals surface area (Å²) < 4.78 is 11.8. The van der Waals surface area contributed by atoms with E-state index in [-0.39, 0.29) is 34.5 Å². The zero-order valence-electron chi connectivity index (χ0n) is 17.0. The van der Waals surface area contributed by atoms with Crippen LogP contribution in [0.2, 0.25) is 0 Å². The van der Waals surface area contributed by atoms with Crippen LogP contribution in [0.3, 0.4) is 0 Å². The summed E-state index contributed by atoms with van der Waals surface area (Å²) in [6, 6.07) is 18.6. The molecule has 0 saturated carbocycles. The predicted octanol–water partition coefficient (Wildman–Crippen LogP) is 5.33. The molecule has 4 rings (SSSR count). The van der Waals surface area contributed by atoms with Crippen LogP contribution in [-0.2, 0) is 9.53 Å². The first-order valence-corrected chi connectivity index (χ1v) is 10.6. The van der Waals surface area contributed by atoms with Crippen molar-refractivity contribution in [2.75, 3.05) is 7.11 Å². The Hall–Kier alpha value is -3.58. The number of fused-ring (bicyclic) bond motifs is 1. The highest BCUT2D eigenvalue weighted by Crippen LogP contribution is 2.43. The molecule has 0 saturated heterocycles. The van der Waals surface area contributed by atoms with E-state index >= 15 is 0 Å². The van der Waals surface area contributed by atoms with E-state index in [4.69, 9.17) is 9.15 Å². The molecule has 32 heavy (non-hydrogen) atoms. The maximum Gasteiger partial charge on any atom is 0.306 e. The molecule has 0 radical (unpaired) electrons. The van der Waals surface area contributed by atoms with E-state index in [9.17, 15) is 19.8 Å². The highest BCUT2D eigenvalue weighted by atomic mass is 79.9. The third-order valence-corrected chi connectivity index (χ3v) is 5.80. The number of aromatic hydroxyl groups is 2. The fraction of sp³-hybridized carbons (Fsp3) is 0.120. The summed E-state index contributed by atoms with van der Waals surface area (Å²) in [5.41, 5.74) is 1.14. The largest absolute Gasteiger partial charge is 0.507 e. The van der Waals surface area contributed by atoms with Crippen molar-refractivity contribution in [3.05, 3.63) is 92.6 Å². The second kappa shape index (κ2) is 8.88. The molecule has 4 aromatic rings. The van der Waals surface area contributed by atoms with E-state index in [1.54, 1.807) is 24.3 Å². The Morgan fingerprint density at radius 2 is 1.72 bits per heavy atom. The minimum atomic E-state index is -0.687. The smallest absolute Gasteiger partial charge is 0.306 e. The zero-order chi connectivity index (χ0) is 22.8. The number of benzene rings is 3. The van der Waals surface area contributed by atoms with Gasteiger partial charge in [0.05, 0.1) is 13.5 Å². The van der Waals surface area contributed by atoms with Crippen LogP contribution in [0.1, 0.15) is 23.5 Å². The van der Waals surface area contributed by atoms with Gasteiger partial charge >= 0.3 is 5.97 Å². The maximum atomic E-state index is 12.9. The van der Waals surface area contributed by atoms with Gasteiger partial charge in [-0.25, -0.2) is 0 Å². The van der Waals surface area contributed by atoms with Crippen LogP contribution in [0.15, 0.2) is 80.4 Å². The minimum absolute atomic E-state index is 0.0191. The van der Waals surface area contributed by atoms with Crippen molar-refractivity contribution in [2.24, 2.45) is 0 Å². The van der Waals surface area contributed by atoms with Crippen LogP contribution in [0.4, 0.5) is 0 Å².